The number of carbonyl (C=O) groups is 2. The van der Waals surface area contributed by atoms with E-state index < -0.39 is 11.2 Å². The highest BCUT2D eigenvalue weighted by Gasteiger charge is 2.43. The molecule has 2 aliphatic heterocycles. The zero-order valence-electron chi connectivity index (χ0n) is 14.2. The summed E-state index contributed by atoms with van der Waals surface area (Å²) in [5.74, 6) is -0.514. The molecule has 2 atom stereocenters. The molecule has 1 aromatic heterocycles. The van der Waals surface area contributed by atoms with E-state index >= 15 is 0 Å². The van der Waals surface area contributed by atoms with Crippen molar-refractivity contribution in [2.24, 2.45) is 5.92 Å². The lowest BCUT2D eigenvalue weighted by atomic mass is 10.0. The van der Waals surface area contributed by atoms with Gasteiger partial charge in [0.25, 0.3) is 5.91 Å². The third-order valence-corrected chi connectivity index (χ3v) is 4.86. The summed E-state index contributed by atoms with van der Waals surface area (Å²) in [7, 11) is 0. The predicted octanol–water partition coefficient (Wildman–Crippen LogP) is 0.898. The number of aldehydes is 1. The molecule has 1 aromatic rings. The van der Waals surface area contributed by atoms with E-state index in [-0.39, 0.29) is 29.4 Å². The molecule has 1 saturated heterocycles. The van der Waals surface area contributed by atoms with Crippen molar-refractivity contribution in [3.05, 3.63) is 27.7 Å². The smallest absolute Gasteiger partial charge is 0.276 e. The highest BCUT2D eigenvalue weighted by Crippen LogP contribution is 2.31. The van der Waals surface area contributed by atoms with Gasteiger partial charge in [-0.3, -0.25) is 19.3 Å². The van der Waals surface area contributed by atoms with Crippen LogP contribution in [0.15, 0.2) is 11.0 Å². The van der Waals surface area contributed by atoms with Gasteiger partial charge in [0.1, 0.15) is 6.17 Å². The minimum Gasteiger partial charge on any atom is -0.503 e. The van der Waals surface area contributed by atoms with E-state index in [9.17, 15) is 19.5 Å². The summed E-state index contributed by atoms with van der Waals surface area (Å²) < 4.78 is 1.55. The van der Waals surface area contributed by atoms with Gasteiger partial charge in [0.15, 0.2) is 17.7 Å². The van der Waals surface area contributed by atoms with Gasteiger partial charge in [-0.2, -0.15) is 0 Å². The van der Waals surface area contributed by atoms with Gasteiger partial charge in [-0.1, -0.05) is 13.8 Å². The lowest BCUT2D eigenvalue weighted by molar-refractivity contribution is -0.0366. The summed E-state index contributed by atoms with van der Waals surface area (Å²) in [5, 5.41) is 10.2. The Labute approximate surface area is 140 Å². The second-order valence-electron chi connectivity index (χ2n) is 7.10. The maximum absolute atomic E-state index is 13.0. The van der Waals surface area contributed by atoms with Gasteiger partial charge in [-0.15, -0.1) is 0 Å². The van der Waals surface area contributed by atoms with Crippen LogP contribution in [-0.2, 0) is 6.54 Å². The van der Waals surface area contributed by atoms with Crippen molar-refractivity contribution in [1.29, 1.82) is 0 Å². The molecular formula is C17H23N3O4. The van der Waals surface area contributed by atoms with Crippen LogP contribution in [0.5, 0.6) is 5.75 Å². The van der Waals surface area contributed by atoms with Crippen molar-refractivity contribution in [2.75, 3.05) is 13.1 Å². The molecule has 7 heteroatoms. The Balaban J connectivity index is 2.09. The number of amides is 1. The van der Waals surface area contributed by atoms with Crippen LogP contribution in [0.2, 0.25) is 0 Å². The second-order valence-corrected chi connectivity index (χ2v) is 7.10. The Morgan fingerprint density at radius 3 is 2.71 bits per heavy atom. The largest absolute Gasteiger partial charge is 0.503 e. The van der Waals surface area contributed by atoms with E-state index in [1.807, 2.05) is 6.92 Å². The molecule has 0 radical (unpaired) electrons. The van der Waals surface area contributed by atoms with Gasteiger partial charge in [-0.25, -0.2) is 0 Å². The molecule has 3 rings (SSSR count). The lowest BCUT2D eigenvalue weighted by Gasteiger charge is -2.50. The summed E-state index contributed by atoms with van der Waals surface area (Å²) in [6.07, 6.45) is 2.53. The first-order chi connectivity index (χ1) is 11.3. The Bertz CT molecular complexity index is 740. The summed E-state index contributed by atoms with van der Waals surface area (Å²) in [4.78, 5) is 40.0. The third kappa shape index (κ3) is 2.53. The average molecular weight is 333 g/mol. The Kier molecular flexibility index (Phi) is 4.21. The van der Waals surface area contributed by atoms with E-state index in [2.05, 4.69) is 18.7 Å². The van der Waals surface area contributed by atoms with Crippen LogP contribution in [0.4, 0.5) is 0 Å². The Morgan fingerprint density at radius 2 is 2.08 bits per heavy atom. The molecule has 130 valence electrons. The van der Waals surface area contributed by atoms with Crippen molar-refractivity contribution >= 4 is 12.2 Å². The normalized spacial score (nSPS) is 24.0. The molecule has 24 heavy (non-hydrogen) atoms. The van der Waals surface area contributed by atoms with Gasteiger partial charge >= 0.3 is 0 Å². The first kappa shape index (κ1) is 16.7. The zero-order chi connectivity index (χ0) is 17.6. The molecule has 1 amide bonds. The fourth-order valence-electron chi connectivity index (χ4n) is 3.75. The van der Waals surface area contributed by atoms with Gasteiger partial charge < -0.3 is 14.6 Å². The average Bonchev–Trinajstić information content (AvgIpc) is 2.52. The van der Waals surface area contributed by atoms with Crippen LogP contribution in [-0.4, -0.2) is 57.0 Å². The number of fused-ring (bicyclic) bond motifs is 2. The molecule has 2 aliphatic rings. The Morgan fingerprint density at radius 1 is 1.38 bits per heavy atom. The molecule has 1 fully saturated rings. The molecule has 7 nitrogen and oxygen atoms in total. The van der Waals surface area contributed by atoms with Crippen LogP contribution in [0.1, 0.15) is 48.0 Å². The monoisotopic (exact) mass is 333 g/mol. The van der Waals surface area contributed by atoms with E-state index in [0.717, 1.165) is 19.5 Å². The number of nitrogens with zero attached hydrogens (tertiary/aromatic N) is 3. The zero-order valence-corrected chi connectivity index (χ0v) is 14.2. The van der Waals surface area contributed by atoms with Crippen molar-refractivity contribution in [2.45, 2.75) is 45.9 Å². The lowest BCUT2D eigenvalue weighted by Crippen LogP contribution is -2.64. The van der Waals surface area contributed by atoms with E-state index in [4.69, 9.17) is 0 Å². The topological polar surface area (TPSA) is 82.8 Å². The summed E-state index contributed by atoms with van der Waals surface area (Å²) in [5.41, 5.74) is -0.927. The molecule has 0 bridgehead atoms. The van der Waals surface area contributed by atoms with Crippen molar-refractivity contribution < 1.29 is 14.7 Å². The highest BCUT2D eigenvalue weighted by atomic mass is 16.3. The van der Waals surface area contributed by atoms with Crippen LogP contribution in [0.3, 0.4) is 0 Å². The van der Waals surface area contributed by atoms with Crippen LogP contribution >= 0.6 is 0 Å². The SMILES string of the molecule is CC(C)CN1CCC(C)N2C(=O)c3c(O)c(=O)c(C=O)cn3CC12. The standard InChI is InChI=1S/C17H23N3O4/c1-10(2)6-18-5-4-11(3)20-13(18)8-19-7-12(9-21)15(22)16(23)14(19)17(20)24/h7,9-11,13,23H,4-6,8H2,1-3H3. The number of hydrogen-bond donors (Lipinski definition) is 1. The summed E-state index contributed by atoms with van der Waals surface area (Å²) >= 11 is 0. The summed E-state index contributed by atoms with van der Waals surface area (Å²) in [6, 6.07) is 0.0416. The van der Waals surface area contributed by atoms with E-state index in [1.165, 1.54) is 6.20 Å². The summed E-state index contributed by atoms with van der Waals surface area (Å²) in [6.45, 7) is 8.45. The number of aromatic hydroxyl groups is 1. The van der Waals surface area contributed by atoms with Gasteiger partial charge in [0.2, 0.25) is 5.43 Å². The van der Waals surface area contributed by atoms with E-state index in [1.54, 1.807) is 9.47 Å². The molecule has 0 spiro atoms. The molecule has 1 N–H and O–H groups in total. The highest BCUT2D eigenvalue weighted by molar-refractivity contribution is 5.97. The fraction of sp³-hybridized carbons (Fsp3) is 0.588. The molecule has 0 saturated carbocycles. The molecule has 0 aliphatic carbocycles. The van der Waals surface area contributed by atoms with Gasteiger partial charge in [-0.05, 0) is 19.3 Å². The fourth-order valence-corrected chi connectivity index (χ4v) is 3.75. The van der Waals surface area contributed by atoms with Crippen molar-refractivity contribution in [3.63, 3.8) is 0 Å². The van der Waals surface area contributed by atoms with Crippen LogP contribution in [0.25, 0.3) is 0 Å². The van der Waals surface area contributed by atoms with Crippen molar-refractivity contribution in [1.82, 2.24) is 14.4 Å². The minimum atomic E-state index is -0.785. The van der Waals surface area contributed by atoms with Gasteiger partial charge in [0, 0.05) is 25.3 Å². The molecule has 0 aromatic carbocycles. The van der Waals surface area contributed by atoms with Crippen LogP contribution < -0.4 is 5.43 Å². The number of rotatable bonds is 3. The maximum atomic E-state index is 13.0. The minimum absolute atomic E-state index is 0.0138. The Hall–Kier alpha value is -2.15. The number of aromatic nitrogens is 1. The quantitative estimate of drug-likeness (QED) is 0.831. The molecule has 3 heterocycles. The van der Waals surface area contributed by atoms with Crippen LogP contribution in [0, 0.1) is 5.92 Å². The number of hydrogen-bond acceptors (Lipinski definition) is 5. The van der Waals surface area contributed by atoms with E-state index in [0.29, 0.717) is 18.7 Å². The number of pyridine rings is 1. The van der Waals surface area contributed by atoms with Crippen molar-refractivity contribution in [3.8, 4) is 5.75 Å². The third-order valence-electron chi connectivity index (χ3n) is 4.86. The molecular weight excluding hydrogens is 310 g/mol. The second kappa shape index (κ2) is 6.05. The first-order valence-corrected chi connectivity index (χ1v) is 8.33. The maximum Gasteiger partial charge on any atom is 0.276 e. The molecule has 2 unspecified atom stereocenters. The van der Waals surface area contributed by atoms with Gasteiger partial charge in [0.05, 0.1) is 12.1 Å². The predicted molar refractivity (Wildman–Crippen MR) is 88.2 cm³/mol. The number of carbonyl (C=O) groups excluding carboxylic acids is 2. The first-order valence-electron chi connectivity index (χ1n) is 8.33.